The number of thiophene rings is 1. The number of halogens is 1. The van der Waals surface area contributed by atoms with Crippen LogP contribution in [0.15, 0.2) is 17.6 Å². The summed E-state index contributed by atoms with van der Waals surface area (Å²) in [5.74, 6) is -0.725. The van der Waals surface area contributed by atoms with E-state index >= 15 is 0 Å². The van der Waals surface area contributed by atoms with Gasteiger partial charge in [-0.3, -0.25) is 4.79 Å². The molecule has 0 N–H and O–H groups in total. The molecule has 2 aromatic rings. The minimum absolute atomic E-state index is 0.0886. The lowest BCUT2D eigenvalue weighted by Gasteiger charge is -1.93. The highest BCUT2D eigenvalue weighted by Gasteiger charge is 2.15. The van der Waals surface area contributed by atoms with Gasteiger partial charge in [0.2, 0.25) is 0 Å². The van der Waals surface area contributed by atoms with Crippen LogP contribution < -0.4 is 0 Å². The Balaban J connectivity index is 2.14. The molecule has 0 unspecified atom stereocenters. The van der Waals surface area contributed by atoms with Crippen molar-refractivity contribution >= 4 is 17.1 Å². The van der Waals surface area contributed by atoms with Gasteiger partial charge in [0.1, 0.15) is 10.7 Å². The van der Waals surface area contributed by atoms with Crippen molar-refractivity contribution in [2.75, 3.05) is 0 Å². The standard InChI is InChI=1S/C9H8FN3OS/c1-13-11-5-6(12-13)4-8(14)9-7(10)2-3-15-9/h2-3,5H,4H2,1H3. The molecule has 0 fully saturated rings. The predicted octanol–water partition coefficient (Wildman–Crippen LogP) is 1.44. The molecular formula is C9H8FN3OS. The highest BCUT2D eigenvalue weighted by atomic mass is 32.1. The van der Waals surface area contributed by atoms with E-state index in [0.717, 1.165) is 11.3 Å². The van der Waals surface area contributed by atoms with E-state index in [1.807, 2.05) is 0 Å². The average Bonchev–Trinajstić information content (AvgIpc) is 2.75. The van der Waals surface area contributed by atoms with E-state index in [-0.39, 0.29) is 17.1 Å². The second-order valence-electron chi connectivity index (χ2n) is 3.02. The molecule has 2 heterocycles. The third-order valence-corrected chi connectivity index (χ3v) is 2.79. The van der Waals surface area contributed by atoms with E-state index in [9.17, 15) is 9.18 Å². The van der Waals surface area contributed by atoms with Gasteiger partial charge in [0.05, 0.1) is 18.3 Å². The van der Waals surface area contributed by atoms with Crippen LogP contribution in [-0.4, -0.2) is 20.8 Å². The van der Waals surface area contributed by atoms with Gasteiger partial charge in [0.25, 0.3) is 0 Å². The number of aromatic nitrogens is 3. The van der Waals surface area contributed by atoms with Gasteiger partial charge in [0.15, 0.2) is 5.78 Å². The fraction of sp³-hybridized carbons (Fsp3) is 0.222. The molecule has 0 saturated heterocycles. The van der Waals surface area contributed by atoms with Gasteiger partial charge in [-0.1, -0.05) is 0 Å². The molecule has 0 aliphatic rings. The lowest BCUT2D eigenvalue weighted by atomic mass is 10.2. The molecule has 0 aliphatic heterocycles. The normalized spacial score (nSPS) is 10.5. The molecule has 0 bridgehead atoms. The van der Waals surface area contributed by atoms with Crippen LogP contribution in [0.5, 0.6) is 0 Å². The van der Waals surface area contributed by atoms with Gasteiger partial charge in [-0.05, 0) is 11.4 Å². The highest BCUT2D eigenvalue weighted by Crippen LogP contribution is 2.16. The summed E-state index contributed by atoms with van der Waals surface area (Å²) in [5.41, 5.74) is 0.551. The van der Waals surface area contributed by atoms with Crippen LogP contribution in [0.2, 0.25) is 0 Å². The maximum absolute atomic E-state index is 13.1. The van der Waals surface area contributed by atoms with Gasteiger partial charge in [-0.2, -0.15) is 15.0 Å². The summed E-state index contributed by atoms with van der Waals surface area (Å²) in [7, 11) is 1.67. The Morgan fingerprint density at radius 2 is 2.47 bits per heavy atom. The van der Waals surface area contributed by atoms with Gasteiger partial charge in [-0.15, -0.1) is 11.3 Å². The predicted molar refractivity (Wildman–Crippen MR) is 53.3 cm³/mol. The molecule has 6 heteroatoms. The van der Waals surface area contributed by atoms with E-state index in [4.69, 9.17) is 0 Å². The van der Waals surface area contributed by atoms with E-state index in [1.165, 1.54) is 17.1 Å². The number of Topliss-reactive ketones (excluding diaryl/α,β-unsaturated/α-hetero) is 1. The number of carbonyl (C=O) groups is 1. The molecule has 4 nitrogen and oxygen atoms in total. The van der Waals surface area contributed by atoms with Crippen LogP contribution in [-0.2, 0) is 13.5 Å². The summed E-state index contributed by atoms with van der Waals surface area (Å²) in [6.45, 7) is 0. The van der Waals surface area contributed by atoms with Crippen LogP contribution in [0.25, 0.3) is 0 Å². The van der Waals surface area contributed by atoms with Crippen LogP contribution >= 0.6 is 11.3 Å². The van der Waals surface area contributed by atoms with Gasteiger partial charge in [0, 0.05) is 7.05 Å². The summed E-state index contributed by atoms with van der Waals surface area (Å²) < 4.78 is 13.1. The zero-order valence-electron chi connectivity index (χ0n) is 7.98. The topological polar surface area (TPSA) is 47.8 Å². The quantitative estimate of drug-likeness (QED) is 0.743. The number of hydrogen-bond donors (Lipinski definition) is 0. The van der Waals surface area contributed by atoms with Crippen molar-refractivity contribution in [2.24, 2.45) is 7.05 Å². The number of nitrogens with zero attached hydrogens (tertiary/aromatic N) is 3. The van der Waals surface area contributed by atoms with Crippen molar-refractivity contribution in [3.8, 4) is 0 Å². The second-order valence-corrected chi connectivity index (χ2v) is 3.94. The van der Waals surface area contributed by atoms with Crippen molar-refractivity contribution in [3.63, 3.8) is 0 Å². The zero-order chi connectivity index (χ0) is 10.8. The summed E-state index contributed by atoms with van der Waals surface area (Å²) in [6.07, 6.45) is 1.59. The number of hydrogen-bond acceptors (Lipinski definition) is 4. The Hall–Kier alpha value is -1.56. The van der Waals surface area contributed by atoms with Gasteiger partial charge in [-0.25, -0.2) is 4.39 Å². The van der Waals surface area contributed by atoms with Crippen LogP contribution in [0.3, 0.4) is 0 Å². The third kappa shape index (κ3) is 2.10. The zero-order valence-corrected chi connectivity index (χ0v) is 8.79. The molecule has 0 radical (unpaired) electrons. The summed E-state index contributed by atoms with van der Waals surface area (Å²) in [6, 6.07) is 1.29. The molecule has 0 saturated carbocycles. The lowest BCUT2D eigenvalue weighted by Crippen LogP contribution is -2.04. The number of rotatable bonds is 3. The fourth-order valence-corrected chi connectivity index (χ4v) is 1.91. The Morgan fingerprint density at radius 3 is 3.00 bits per heavy atom. The Kier molecular flexibility index (Phi) is 2.59. The maximum Gasteiger partial charge on any atom is 0.181 e. The van der Waals surface area contributed by atoms with Crippen LogP contribution in [0, 0.1) is 5.82 Å². The summed E-state index contributed by atoms with van der Waals surface area (Å²) in [5, 5.41) is 9.35. The lowest BCUT2D eigenvalue weighted by molar-refractivity contribution is 0.0992. The van der Waals surface area contributed by atoms with Crippen molar-refractivity contribution in [1.29, 1.82) is 0 Å². The molecule has 78 valence electrons. The van der Waals surface area contributed by atoms with E-state index in [0.29, 0.717) is 5.69 Å². The average molecular weight is 225 g/mol. The number of aryl methyl sites for hydroxylation is 1. The minimum atomic E-state index is -0.464. The first kappa shape index (κ1) is 9.97. The molecule has 0 atom stereocenters. The largest absolute Gasteiger partial charge is 0.293 e. The fourth-order valence-electron chi connectivity index (χ4n) is 1.21. The van der Waals surface area contributed by atoms with Crippen LogP contribution in [0.1, 0.15) is 15.4 Å². The van der Waals surface area contributed by atoms with E-state index in [1.54, 1.807) is 12.4 Å². The molecule has 0 aliphatic carbocycles. The molecule has 0 spiro atoms. The van der Waals surface area contributed by atoms with Gasteiger partial charge >= 0.3 is 0 Å². The first-order valence-electron chi connectivity index (χ1n) is 4.28. The monoisotopic (exact) mass is 225 g/mol. The van der Waals surface area contributed by atoms with Crippen LogP contribution in [0.4, 0.5) is 4.39 Å². The molecule has 0 aromatic carbocycles. The van der Waals surface area contributed by atoms with Gasteiger partial charge < -0.3 is 0 Å². The maximum atomic E-state index is 13.1. The number of carbonyl (C=O) groups excluding carboxylic acids is 1. The smallest absolute Gasteiger partial charge is 0.181 e. The van der Waals surface area contributed by atoms with Crippen molar-refractivity contribution in [3.05, 3.63) is 34.0 Å². The third-order valence-electron chi connectivity index (χ3n) is 1.86. The molecular weight excluding hydrogens is 217 g/mol. The minimum Gasteiger partial charge on any atom is -0.293 e. The van der Waals surface area contributed by atoms with Crippen molar-refractivity contribution in [2.45, 2.75) is 6.42 Å². The first-order chi connectivity index (χ1) is 7.16. The second kappa shape index (κ2) is 3.90. The first-order valence-corrected chi connectivity index (χ1v) is 5.16. The molecule has 15 heavy (non-hydrogen) atoms. The van der Waals surface area contributed by atoms with Crippen molar-refractivity contribution in [1.82, 2.24) is 15.0 Å². The molecule has 2 rings (SSSR count). The van der Waals surface area contributed by atoms with E-state index in [2.05, 4.69) is 10.2 Å². The van der Waals surface area contributed by atoms with E-state index < -0.39 is 5.82 Å². The highest BCUT2D eigenvalue weighted by molar-refractivity contribution is 7.12. The number of ketones is 1. The summed E-state index contributed by atoms with van der Waals surface area (Å²) in [4.78, 5) is 13.1. The molecule has 0 amide bonds. The Bertz CT molecular complexity index is 491. The molecule has 2 aromatic heterocycles. The Morgan fingerprint density at radius 1 is 1.67 bits per heavy atom. The van der Waals surface area contributed by atoms with Crippen molar-refractivity contribution < 1.29 is 9.18 Å². The summed E-state index contributed by atoms with van der Waals surface area (Å²) >= 11 is 1.10. The SMILES string of the molecule is Cn1ncc(CC(=O)c2sccc2F)n1. The Labute approximate surface area is 89.3 Å².